The minimum absolute atomic E-state index is 0.191. The molecule has 6 heteroatoms. The fourth-order valence-electron chi connectivity index (χ4n) is 1.97. The molecule has 2 rings (SSSR count). The van der Waals surface area contributed by atoms with Gasteiger partial charge < -0.3 is 20.7 Å². The molecule has 0 aliphatic rings. The number of pyridine rings is 1. The highest BCUT2D eigenvalue weighted by molar-refractivity contribution is 5.73. The molecular weight excluding hydrogens is 292 g/mol. The lowest BCUT2D eigenvalue weighted by molar-refractivity contribution is 0.211. The zero-order valence-electron chi connectivity index (χ0n) is 13.2. The van der Waals surface area contributed by atoms with Crippen LogP contribution in [0.4, 0.5) is 10.5 Å². The first-order chi connectivity index (χ1) is 11.3. The molecule has 0 spiro atoms. The van der Waals surface area contributed by atoms with Crippen molar-refractivity contribution in [1.82, 2.24) is 15.6 Å². The lowest BCUT2D eigenvalue weighted by Gasteiger charge is -2.09. The predicted octanol–water partition coefficient (Wildman–Crippen LogP) is 2.14. The van der Waals surface area contributed by atoms with E-state index in [1.165, 1.54) is 0 Å². The van der Waals surface area contributed by atoms with Crippen molar-refractivity contribution in [3.05, 3.63) is 59.9 Å². The fraction of sp³-hybridized carbons (Fsp3) is 0.294. The molecule has 122 valence electrons. The second kappa shape index (κ2) is 9.42. The van der Waals surface area contributed by atoms with Gasteiger partial charge in [0.1, 0.15) is 0 Å². The highest BCUT2D eigenvalue weighted by Crippen LogP contribution is 2.09. The number of benzene rings is 1. The Kier molecular flexibility index (Phi) is 6.87. The Hall–Kier alpha value is -2.60. The minimum atomic E-state index is -0.191. The summed E-state index contributed by atoms with van der Waals surface area (Å²) in [6, 6.07) is 11.5. The molecule has 0 unspecified atom stereocenters. The Morgan fingerprint density at radius 1 is 1.00 bits per heavy atom. The maximum Gasteiger partial charge on any atom is 0.315 e. The van der Waals surface area contributed by atoms with Crippen molar-refractivity contribution in [2.75, 3.05) is 25.6 Å². The monoisotopic (exact) mass is 314 g/mol. The average molecular weight is 314 g/mol. The number of methoxy groups -OCH3 is 1. The van der Waals surface area contributed by atoms with E-state index < -0.39 is 0 Å². The molecule has 0 bridgehead atoms. The summed E-state index contributed by atoms with van der Waals surface area (Å²) in [4.78, 5) is 15.7. The van der Waals surface area contributed by atoms with Crippen LogP contribution >= 0.6 is 0 Å². The first-order valence-corrected chi connectivity index (χ1v) is 7.50. The van der Waals surface area contributed by atoms with Crippen molar-refractivity contribution in [1.29, 1.82) is 0 Å². The van der Waals surface area contributed by atoms with Gasteiger partial charge in [-0.05, 0) is 35.4 Å². The van der Waals surface area contributed by atoms with Crippen LogP contribution in [0.3, 0.4) is 0 Å². The molecule has 2 amide bonds. The van der Waals surface area contributed by atoms with Crippen molar-refractivity contribution >= 4 is 11.7 Å². The number of hydrogen-bond donors (Lipinski definition) is 3. The van der Waals surface area contributed by atoms with E-state index in [2.05, 4.69) is 20.9 Å². The smallest absolute Gasteiger partial charge is 0.315 e. The molecule has 0 fully saturated rings. The van der Waals surface area contributed by atoms with Gasteiger partial charge in [-0.25, -0.2) is 4.79 Å². The molecule has 0 atom stereocenters. The summed E-state index contributed by atoms with van der Waals surface area (Å²) in [6.45, 7) is 2.41. The number of nitrogens with one attached hydrogen (secondary N) is 3. The van der Waals surface area contributed by atoms with E-state index >= 15 is 0 Å². The Labute approximate surface area is 136 Å². The molecule has 0 radical (unpaired) electrons. The van der Waals surface area contributed by atoms with E-state index in [1.54, 1.807) is 19.5 Å². The van der Waals surface area contributed by atoms with Crippen molar-refractivity contribution < 1.29 is 9.53 Å². The van der Waals surface area contributed by atoms with Crippen LogP contribution in [0.25, 0.3) is 0 Å². The van der Waals surface area contributed by atoms with Gasteiger partial charge in [0.05, 0.1) is 6.61 Å². The molecule has 0 aliphatic carbocycles. The van der Waals surface area contributed by atoms with Gasteiger partial charge in [-0.2, -0.15) is 0 Å². The van der Waals surface area contributed by atoms with E-state index in [0.29, 0.717) is 19.7 Å². The normalized spacial score (nSPS) is 10.1. The largest absolute Gasteiger partial charge is 0.383 e. The number of aromatic nitrogens is 1. The number of amides is 2. The quantitative estimate of drug-likeness (QED) is 0.653. The molecule has 3 N–H and O–H groups in total. The fourth-order valence-corrected chi connectivity index (χ4v) is 1.97. The SMILES string of the molecule is COCCNc1ccc(CNC(=O)NCc2ccncc2)cc1. The zero-order valence-corrected chi connectivity index (χ0v) is 13.2. The summed E-state index contributed by atoms with van der Waals surface area (Å²) in [7, 11) is 1.68. The van der Waals surface area contributed by atoms with Crippen LogP contribution in [-0.2, 0) is 17.8 Å². The third-order valence-electron chi connectivity index (χ3n) is 3.24. The number of carbonyl (C=O) groups excluding carboxylic acids is 1. The third-order valence-corrected chi connectivity index (χ3v) is 3.24. The lowest BCUT2D eigenvalue weighted by Crippen LogP contribution is -2.34. The second-order valence-corrected chi connectivity index (χ2v) is 5.01. The molecular formula is C17H22N4O2. The summed E-state index contributed by atoms with van der Waals surface area (Å²) < 4.78 is 4.99. The topological polar surface area (TPSA) is 75.3 Å². The van der Waals surface area contributed by atoms with Crippen molar-refractivity contribution in [2.45, 2.75) is 13.1 Å². The average Bonchev–Trinajstić information content (AvgIpc) is 2.60. The van der Waals surface area contributed by atoms with Crippen molar-refractivity contribution in [2.24, 2.45) is 0 Å². The van der Waals surface area contributed by atoms with Gasteiger partial charge in [-0.15, -0.1) is 0 Å². The molecule has 1 aromatic carbocycles. The van der Waals surface area contributed by atoms with Crippen LogP contribution in [0, 0.1) is 0 Å². The van der Waals surface area contributed by atoms with Crippen LogP contribution in [0.1, 0.15) is 11.1 Å². The molecule has 0 saturated heterocycles. The van der Waals surface area contributed by atoms with Crippen LogP contribution in [-0.4, -0.2) is 31.3 Å². The molecule has 1 aromatic heterocycles. The van der Waals surface area contributed by atoms with Gasteiger partial charge >= 0.3 is 6.03 Å². The van der Waals surface area contributed by atoms with E-state index in [4.69, 9.17) is 4.74 Å². The van der Waals surface area contributed by atoms with Crippen LogP contribution in [0.15, 0.2) is 48.8 Å². The van der Waals surface area contributed by atoms with Gasteiger partial charge in [0.15, 0.2) is 0 Å². The summed E-state index contributed by atoms with van der Waals surface area (Å²) in [6.07, 6.45) is 3.41. The molecule has 6 nitrogen and oxygen atoms in total. The first kappa shape index (κ1) is 16.8. The van der Waals surface area contributed by atoms with Gasteiger partial charge in [0, 0.05) is 44.8 Å². The van der Waals surface area contributed by atoms with Gasteiger partial charge in [-0.3, -0.25) is 4.98 Å². The zero-order chi connectivity index (χ0) is 16.3. The number of carbonyl (C=O) groups is 1. The number of nitrogens with zero attached hydrogens (tertiary/aromatic N) is 1. The number of hydrogen-bond acceptors (Lipinski definition) is 4. The van der Waals surface area contributed by atoms with Crippen LogP contribution in [0.5, 0.6) is 0 Å². The van der Waals surface area contributed by atoms with Crippen molar-refractivity contribution in [3.8, 4) is 0 Å². The second-order valence-electron chi connectivity index (χ2n) is 5.01. The molecule has 23 heavy (non-hydrogen) atoms. The summed E-state index contributed by atoms with van der Waals surface area (Å²) in [5.41, 5.74) is 3.09. The van der Waals surface area contributed by atoms with Gasteiger partial charge in [0.2, 0.25) is 0 Å². The first-order valence-electron chi connectivity index (χ1n) is 7.50. The van der Waals surface area contributed by atoms with Gasteiger partial charge in [0.25, 0.3) is 0 Å². The van der Waals surface area contributed by atoms with Crippen molar-refractivity contribution in [3.63, 3.8) is 0 Å². The van der Waals surface area contributed by atoms with E-state index in [-0.39, 0.29) is 6.03 Å². The number of anilines is 1. The molecule has 0 aliphatic heterocycles. The predicted molar refractivity (Wildman–Crippen MR) is 90.1 cm³/mol. The summed E-state index contributed by atoms with van der Waals surface area (Å²) >= 11 is 0. The maximum absolute atomic E-state index is 11.8. The van der Waals surface area contributed by atoms with Gasteiger partial charge in [-0.1, -0.05) is 12.1 Å². The standard InChI is InChI=1S/C17H22N4O2/c1-23-11-10-19-16-4-2-14(3-5-16)12-20-17(22)21-13-15-6-8-18-9-7-15/h2-9,19H,10-13H2,1H3,(H2,20,21,22). The van der Waals surface area contributed by atoms with Crippen LogP contribution in [0.2, 0.25) is 0 Å². The molecule has 1 heterocycles. The number of urea groups is 1. The lowest BCUT2D eigenvalue weighted by atomic mass is 10.2. The molecule has 0 saturated carbocycles. The minimum Gasteiger partial charge on any atom is -0.383 e. The Morgan fingerprint density at radius 3 is 2.22 bits per heavy atom. The van der Waals surface area contributed by atoms with Crippen LogP contribution < -0.4 is 16.0 Å². The third kappa shape index (κ3) is 6.36. The Bertz CT molecular complexity index is 587. The Balaban J connectivity index is 1.69. The van der Waals surface area contributed by atoms with E-state index in [1.807, 2.05) is 36.4 Å². The highest BCUT2D eigenvalue weighted by atomic mass is 16.5. The summed E-state index contributed by atoms with van der Waals surface area (Å²) in [5, 5.41) is 8.89. The Morgan fingerprint density at radius 2 is 1.61 bits per heavy atom. The van der Waals surface area contributed by atoms with E-state index in [9.17, 15) is 4.79 Å². The maximum atomic E-state index is 11.8. The molecule has 2 aromatic rings. The summed E-state index contributed by atoms with van der Waals surface area (Å²) in [5.74, 6) is 0. The van der Waals surface area contributed by atoms with E-state index in [0.717, 1.165) is 23.4 Å². The highest BCUT2D eigenvalue weighted by Gasteiger charge is 2.01. The number of rotatable bonds is 8. The number of ether oxygens (including phenoxy) is 1.